The average molecular weight is 452 g/mol. The van der Waals surface area contributed by atoms with Crippen LogP contribution in [0.1, 0.15) is 40.3 Å². The largest absolute Gasteiger partial charge is 0.312 e. The van der Waals surface area contributed by atoms with Crippen molar-refractivity contribution in [3.05, 3.63) is 52.2 Å². The first-order valence-electron chi connectivity index (χ1n) is 10.5. The van der Waals surface area contributed by atoms with E-state index in [2.05, 4.69) is 35.2 Å². The molecule has 1 amide bonds. The van der Waals surface area contributed by atoms with Gasteiger partial charge in [0.1, 0.15) is 15.7 Å². The predicted molar refractivity (Wildman–Crippen MR) is 128 cm³/mol. The summed E-state index contributed by atoms with van der Waals surface area (Å²) < 4.78 is 2.80. The highest BCUT2D eigenvalue weighted by Crippen LogP contribution is 2.46. The minimum atomic E-state index is -0.126. The molecule has 4 heterocycles. The number of carbonyl (C=O) groups is 1. The van der Waals surface area contributed by atoms with Crippen LogP contribution in [0.2, 0.25) is 0 Å². The molecule has 0 fully saturated rings. The Morgan fingerprint density at radius 1 is 1.23 bits per heavy atom. The molecular weight excluding hydrogens is 426 g/mol. The van der Waals surface area contributed by atoms with Crippen LogP contribution >= 0.6 is 22.7 Å². The third-order valence-corrected chi connectivity index (χ3v) is 8.07. The van der Waals surface area contributed by atoms with Crippen molar-refractivity contribution in [1.29, 1.82) is 0 Å². The molecule has 3 aromatic heterocycles. The fourth-order valence-corrected chi connectivity index (χ4v) is 6.57. The first-order valence-corrected chi connectivity index (χ1v) is 12.1. The lowest BCUT2D eigenvalue weighted by molar-refractivity contribution is 0.101. The van der Waals surface area contributed by atoms with Gasteiger partial charge < -0.3 is 5.32 Å². The van der Waals surface area contributed by atoms with Crippen LogP contribution in [0.15, 0.2) is 30.5 Å². The van der Waals surface area contributed by atoms with E-state index in [0.29, 0.717) is 11.7 Å². The molecule has 0 bridgehead atoms. The second kappa shape index (κ2) is 7.85. The van der Waals surface area contributed by atoms with Crippen LogP contribution in [0.5, 0.6) is 0 Å². The van der Waals surface area contributed by atoms with E-state index in [1.54, 1.807) is 40.6 Å². The highest BCUT2D eigenvalue weighted by atomic mass is 32.1. The Morgan fingerprint density at radius 3 is 2.74 bits per heavy atom. The maximum absolute atomic E-state index is 13.2. The molecule has 0 atom stereocenters. The first-order chi connectivity index (χ1) is 14.9. The summed E-state index contributed by atoms with van der Waals surface area (Å²) >= 11 is 3.38. The van der Waals surface area contributed by atoms with Gasteiger partial charge in [0.15, 0.2) is 0 Å². The van der Waals surface area contributed by atoms with Gasteiger partial charge in [-0.2, -0.15) is 5.10 Å². The Kier molecular flexibility index (Phi) is 5.16. The maximum Gasteiger partial charge on any atom is 0.274 e. The molecule has 0 aliphatic carbocycles. The summed E-state index contributed by atoms with van der Waals surface area (Å²) in [5.41, 5.74) is 4.89. The average Bonchev–Trinajstić information content (AvgIpc) is 3.41. The minimum absolute atomic E-state index is 0.126. The zero-order chi connectivity index (χ0) is 21.7. The van der Waals surface area contributed by atoms with E-state index >= 15 is 0 Å². The van der Waals surface area contributed by atoms with Gasteiger partial charge in [-0.15, -0.1) is 22.7 Å². The standard InChI is InChI=1S/C23H25N5OS2/c1-13(2)28-10-9-15-18(12-28)31-23(26-21(29)20-14(3)11-24-27(20)4)19(15)22-25-16-7-5-6-8-17(16)30-22/h5-8,11,13H,9-10,12H2,1-4H3,(H,26,29). The predicted octanol–water partition coefficient (Wildman–Crippen LogP) is 5.09. The van der Waals surface area contributed by atoms with Crippen molar-refractivity contribution in [3.63, 3.8) is 0 Å². The summed E-state index contributed by atoms with van der Waals surface area (Å²) in [6, 6.07) is 8.71. The van der Waals surface area contributed by atoms with Crippen LogP contribution in [0.25, 0.3) is 20.8 Å². The van der Waals surface area contributed by atoms with E-state index in [1.807, 2.05) is 25.1 Å². The molecule has 0 saturated carbocycles. The number of anilines is 1. The Balaban J connectivity index is 1.60. The van der Waals surface area contributed by atoms with Crippen molar-refractivity contribution < 1.29 is 4.79 Å². The van der Waals surface area contributed by atoms with Gasteiger partial charge in [-0.25, -0.2) is 4.98 Å². The van der Waals surface area contributed by atoms with E-state index in [0.717, 1.165) is 50.9 Å². The fourth-order valence-electron chi connectivity index (χ4n) is 4.19. The summed E-state index contributed by atoms with van der Waals surface area (Å²) in [4.78, 5) is 21.9. The lowest BCUT2D eigenvalue weighted by Gasteiger charge is -2.30. The first kappa shape index (κ1) is 20.4. The number of aryl methyl sites for hydroxylation is 2. The summed E-state index contributed by atoms with van der Waals surface area (Å²) in [6.45, 7) is 8.32. The highest BCUT2D eigenvalue weighted by molar-refractivity contribution is 7.23. The molecule has 1 aliphatic heterocycles. The molecule has 0 spiro atoms. The van der Waals surface area contributed by atoms with Crippen LogP contribution in [0.4, 0.5) is 5.00 Å². The number of nitrogens with zero attached hydrogens (tertiary/aromatic N) is 4. The van der Waals surface area contributed by atoms with Crippen LogP contribution < -0.4 is 5.32 Å². The van der Waals surface area contributed by atoms with Crippen LogP contribution in [-0.4, -0.2) is 38.2 Å². The van der Waals surface area contributed by atoms with Crippen LogP contribution in [-0.2, 0) is 20.0 Å². The molecule has 0 saturated heterocycles. The van der Waals surface area contributed by atoms with E-state index in [-0.39, 0.29) is 5.91 Å². The Hall–Kier alpha value is -2.55. The molecule has 1 N–H and O–H groups in total. The molecule has 1 aliphatic rings. The third kappa shape index (κ3) is 3.58. The second-order valence-electron chi connectivity index (χ2n) is 8.26. The molecular formula is C23H25N5OS2. The molecule has 8 heteroatoms. The number of benzene rings is 1. The molecule has 4 aromatic rings. The normalized spacial score (nSPS) is 14.4. The van der Waals surface area contributed by atoms with Gasteiger partial charge >= 0.3 is 0 Å². The number of thiophene rings is 1. The maximum atomic E-state index is 13.2. The summed E-state index contributed by atoms with van der Waals surface area (Å²) in [6.07, 6.45) is 2.69. The quantitative estimate of drug-likeness (QED) is 0.470. The Morgan fingerprint density at radius 2 is 2.03 bits per heavy atom. The second-order valence-corrected chi connectivity index (χ2v) is 10.4. The minimum Gasteiger partial charge on any atom is -0.312 e. The van der Waals surface area contributed by atoms with Gasteiger partial charge in [0.2, 0.25) is 0 Å². The van der Waals surface area contributed by atoms with Crippen molar-refractivity contribution in [2.24, 2.45) is 7.05 Å². The van der Waals surface area contributed by atoms with Crippen molar-refractivity contribution >= 4 is 43.8 Å². The van der Waals surface area contributed by atoms with Gasteiger partial charge in [-0.05, 0) is 50.5 Å². The number of hydrogen-bond donors (Lipinski definition) is 1. The number of thiazole rings is 1. The molecule has 5 rings (SSSR count). The van der Waals surface area contributed by atoms with Gasteiger partial charge in [0.25, 0.3) is 5.91 Å². The molecule has 1 aromatic carbocycles. The van der Waals surface area contributed by atoms with Gasteiger partial charge in [-0.3, -0.25) is 14.4 Å². The number of fused-ring (bicyclic) bond motifs is 2. The number of nitrogens with one attached hydrogen (secondary N) is 1. The van der Waals surface area contributed by atoms with E-state index in [4.69, 9.17) is 4.98 Å². The van der Waals surface area contributed by atoms with Crippen LogP contribution in [0.3, 0.4) is 0 Å². The van der Waals surface area contributed by atoms with Crippen molar-refractivity contribution in [2.45, 2.75) is 39.8 Å². The zero-order valence-electron chi connectivity index (χ0n) is 18.1. The summed E-state index contributed by atoms with van der Waals surface area (Å²) in [7, 11) is 1.80. The van der Waals surface area contributed by atoms with Gasteiger partial charge in [0, 0.05) is 36.6 Å². The topological polar surface area (TPSA) is 63.1 Å². The number of carbonyl (C=O) groups excluding carboxylic acids is 1. The van der Waals surface area contributed by atoms with Crippen LogP contribution in [0, 0.1) is 6.92 Å². The molecule has 31 heavy (non-hydrogen) atoms. The number of aromatic nitrogens is 3. The number of hydrogen-bond acceptors (Lipinski definition) is 6. The number of amides is 1. The summed E-state index contributed by atoms with van der Waals surface area (Å²) in [5.74, 6) is -0.126. The molecule has 6 nitrogen and oxygen atoms in total. The lowest BCUT2D eigenvalue weighted by atomic mass is 10.0. The number of rotatable bonds is 4. The molecule has 0 radical (unpaired) electrons. The van der Waals surface area contributed by atoms with Gasteiger partial charge in [0.05, 0.1) is 16.4 Å². The van der Waals surface area contributed by atoms with Crippen molar-refractivity contribution in [2.75, 3.05) is 11.9 Å². The molecule has 160 valence electrons. The monoisotopic (exact) mass is 451 g/mol. The zero-order valence-corrected chi connectivity index (χ0v) is 19.7. The highest BCUT2D eigenvalue weighted by Gasteiger charge is 2.29. The van der Waals surface area contributed by atoms with Crippen molar-refractivity contribution in [1.82, 2.24) is 19.7 Å². The van der Waals surface area contributed by atoms with Crippen molar-refractivity contribution in [3.8, 4) is 10.6 Å². The number of para-hydroxylation sites is 1. The smallest absolute Gasteiger partial charge is 0.274 e. The lowest BCUT2D eigenvalue weighted by Crippen LogP contribution is -2.35. The van der Waals surface area contributed by atoms with E-state index in [1.165, 1.54) is 10.4 Å². The van der Waals surface area contributed by atoms with Gasteiger partial charge in [-0.1, -0.05) is 12.1 Å². The Labute approximate surface area is 189 Å². The van der Waals surface area contributed by atoms with E-state index < -0.39 is 0 Å². The van der Waals surface area contributed by atoms with E-state index in [9.17, 15) is 4.79 Å². The summed E-state index contributed by atoms with van der Waals surface area (Å²) in [5, 5.41) is 9.30. The Bertz CT molecular complexity index is 1230. The third-order valence-electron chi connectivity index (χ3n) is 5.89. The molecule has 0 unspecified atom stereocenters. The SMILES string of the molecule is Cc1cnn(C)c1C(=O)Nc1sc2c(c1-c1nc3ccccc3s1)CCN(C(C)C)C2. The fraction of sp³-hybridized carbons (Fsp3) is 0.348.